The molecule has 0 aliphatic heterocycles. The van der Waals surface area contributed by atoms with Crippen LogP contribution < -0.4 is 5.32 Å². The number of carboxylic acid groups (broad SMARTS) is 1. The van der Waals surface area contributed by atoms with Crippen LogP contribution in [0.1, 0.15) is 45.4 Å². The summed E-state index contributed by atoms with van der Waals surface area (Å²) >= 11 is 0. The fourth-order valence-corrected chi connectivity index (χ4v) is 2.06. The van der Waals surface area contributed by atoms with Gasteiger partial charge in [0.1, 0.15) is 0 Å². The fraction of sp³-hybridized carbons (Fsp3) is 0.818. The Kier molecular flexibility index (Phi) is 4.12. The summed E-state index contributed by atoms with van der Waals surface area (Å²) in [6.45, 7) is 2.21. The molecular formula is C11H19NO3. The van der Waals surface area contributed by atoms with Gasteiger partial charge < -0.3 is 10.4 Å². The van der Waals surface area contributed by atoms with Crippen molar-refractivity contribution in [3.8, 4) is 0 Å². The molecule has 0 unspecified atom stereocenters. The number of carboxylic acids is 1. The fourth-order valence-electron chi connectivity index (χ4n) is 2.06. The third kappa shape index (κ3) is 3.53. The number of aliphatic carboxylic acids is 1. The van der Waals surface area contributed by atoms with E-state index in [0.717, 1.165) is 25.7 Å². The molecule has 0 aromatic carbocycles. The Morgan fingerprint density at radius 1 is 1.27 bits per heavy atom. The molecule has 86 valence electrons. The summed E-state index contributed by atoms with van der Waals surface area (Å²) in [5.74, 6) is -0.854. The summed E-state index contributed by atoms with van der Waals surface area (Å²) in [6.07, 6.45) is 5.25. The van der Waals surface area contributed by atoms with E-state index in [2.05, 4.69) is 5.32 Å². The monoisotopic (exact) mass is 213 g/mol. The van der Waals surface area contributed by atoms with Gasteiger partial charge in [-0.25, -0.2) is 0 Å². The average molecular weight is 213 g/mol. The summed E-state index contributed by atoms with van der Waals surface area (Å²) in [6, 6.07) is 0. The number of amides is 1. The van der Waals surface area contributed by atoms with Gasteiger partial charge in [-0.2, -0.15) is 0 Å². The molecule has 0 aromatic rings. The van der Waals surface area contributed by atoms with Crippen LogP contribution in [0.5, 0.6) is 0 Å². The van der Waals surface area contributed by atoms with E-state index in [1.54, 1.807) is 0 Å². The molecule has 0 atom stereocenters. The summed E-state index contributed by atoms with van der Waals surface area (Å²) < 4.78 is 0. The quantitative estimate of drug-likeness (QED) is 0.744. The van der Waals surface area contributed by atoms with Crippen LogP contribution >= 0.6 is 0 Å². The van der Waals surface area contributed by atoms with Gasteiger partial charge in [0, 0.05) is 12.0 Å². The molecule has 4 heteroatoms. The molecule has 1 fully saturated rings. The van der Waals surface area contributed by atoms with Crippen molar-refractivity contribution in [2.75, 3.05) is 6.54 Å². The van der Waals surface area contributed by atoms with Gasteiger partial charge in [0.25, 0.3) is 0 Å². The van der Waals surface area contributed by atoms with Crippen LogP contribution in [0.25, 0.3) is 0 Å². The van der Waals surface area contributed by atoms with Gasteiger partial charge in [-0.05, 0) is 12.8 Å². The van der Waals surface area contributed by atoms with E-state index in [9.17, 15) is 9.59 Å². The van der Waals surface area contributed by atoms with Crippen LogP contribution in [0.2, 0.25) is 0 Å². The minimum absolute atomic E-state index is 0.00181. The zero-order valence-electron chi connectivity index (χ0n) is 9.21. The van der Waals surface area contributed by atoms with Crippen molar-refractivity contribution < 1.29 is 14.7 Å². The molecule has 0 spiro atoms. The highest BCUT2D eigenvalue weighted by molar-refractivity contribution is 5.82. The van der Waals surface area contributed by atoms with Crippen LogP contribution in [0.4, 0.5) is 0 Å². The first-order valence-electron chi connectivity index (χ1n) is 5.55. The Morgan fingerprint density at radius 3 is 2.40 bits per heavy atom. The molecule has 2 N–H and O–H groups in total. The Balaban J connectivity index is 2.34. The first-order valence-corrected chi connectivity index (χ1v) is 5.55. The van der Waals surface area contributed by atoms with Gasteiger partial charge in [-0.1, -0.05) is 26.2 Å². The van der Waals surface area contributed by atoms with Crippen molar-refractivity contribution >= 4 is 11.9 Å². The minimum Gasteiger partial charge on any atom is -0.481 e. The summed E-state index contributed by atoms with van der Waals surface area (Å²) in [5, 5.41) is 11.2. The second-order valence-electron chi connectivity index (χ2n) is 4.52. The van der Waals surface area contributed by atoms with Crippen LogP contribution in [-0.2, 0) is 9.59 Å². The molecule has 4 nitrogen and oxygen atoms in total. The lowest BCUT2D eigenvalue weighted by Crippen LogP contribution is -2.41. The van der Waals surface area contributed by atoms with E-state index < -0.39 is 5.97 Å². The molecule has 1 rings (SSSR count). The molecule has 1 saturated carbocycles. The molecule has 0 radical (unpaired) electrons. The van der Waals surface area contributed by atoms with Gasteiger partial charge in [0.2, 0.25) is 5.91 Å². The Hall–Kier alpha value is -1.06. The van der Waals surface area contributed by atoms with Crippen molar-refractivity contribution in [1.82, 2.24) is 5.32 Å². The van der Waals surface area contributed by atoms with Crippen LogP contribution in [0, 0.1) is 5.41 Å². The standard InChI is InChI=1S/C11H19NO3/c1-11(6-3-2-4-7-11)10(15)12-8-5-9(13)14/h2-8H2,1H3,(H,12,15)(H,13,14). The lowest BCUT2D eigenvalue weighted by atomic mass is 9.75. The summed E-state index contributed by atoms with van der Waals surface area (Å²) in [4.78, 5) is 22.1. The smallest absolute Gasteiger partial charge is 0.305 e. The van der Waals surface area contributed by atoms with E-state index in [-0.39, 0.29) is 24.3 Å². The Bertz CT molecular complexity index is 244. The second kappa shape index (κ2) is 5.14. The van der Waals surface area contributed by atoms with Gasteiger partial charge in [0.15, 0.2) is 0 Å². The topological polar surface area (TPSA) is 66.4 Å². The number of carbonyl (C=O) groups is 2. The number of hydrogen-bond donors (Lipinski definition) is 2. The molecule has 1 amide bonds. The van der Waals surface area contributed by atoms with Gasteiger partial charge >= 0.3 is 5.97 Å². The SMILES string of the molecule is CC1(C(=O)NCCC(=O)O)CCCCC1. The number of hydrogen-bond acceptors (Lipinski definition) is 2. The van der Waals surface area contributed by atoms with Crippen molar-refractivity contribution in [3.63, 3.8) is 0 Å². The molecular weight excluding hydrogens is 194 g/mol. The first kappa shape index (κ1) is 12.0. The number of nitrogens with one attached hydrogen (secondary N) is 1. The Morgan fingerprint density at radius 2 is 1.87 bits per heavy atom. The van der Waals surface area contributed by atoms with Crippen LogP contribution in [0.3, 0.4) is 0 Å². The van der Waals surface area contributed by atoms with E-state index in [1.165, 1.54) is 6.42 Å². The lowest BCUT2D eigenvalue weighted by molar-refractivity contribution is -0.137. The Labute approximate surface area is 90.0 Å². The van der Waals surface area contributed by atoms with E-state index in [1.807, 2.05) is 6.92 Å². The number of carbonyl (C=O) groups excluding carboxylic acids is 1. The largest absolute Gasteiger partial charge is 0.481 e. The summed E-state index contributed by atoms with van der Waals surface area (Å²) in [7, 11) is 0. The molecule has 1 aliphatic rings. The van der Waals surface area contributed by atoms with Crippen LogP contribution in [0.15, 0.2) is 0 Å². The second-order valence-corrected chi connectivity index (χ2v) is 4.52. The zero-order chi connectivity index (χ0) is 11.3. The molecule has 0 aromatic heterocycles. The molecule has 0 bridgehead atoms. The highest BCUT2D eigenvalue weighted by atomic mass is 16.4. The van der Waals surface area contributed by atoms with E-state index in [4.69, 9.17) is 5.11 Å². The van der Waals surface area contributed by atoms with Gasteiger partial charge in [-0.15, -0.1) is 0 Å². The average Bonchev–Trinajstić information content (AvgIpc) is 2.18. The third-order valence-electron chi connectivity index (χ3n) is 3.13. The molecule has 0 saturated heterocycles. The van der Waals surface area contributed by atoms with Crippen molar-refractivity contribution in [2.24, 2.45) is 5.41 Å². The van der Waals surface area contributed by atoms with Crippen LogP contribution in [-0.4, -0.2) is 23.5 Å². The normalized spacial score (nSPS) is 19.5. The molecule has 15 heavy (non-hydrogen) atoms. The third-order valence-corrected chi connectivity index (χ3v) is 3.13. The van der Waals surface area contributed by atoms with E-state index >= 15 is 0 Å². The number of rotatable bonds is 4. The highest BCUT2D eigenvalue weighted by Gasteiger charge is 2.34. The maximum atomic E-state index is 11.8. The first-order chi connectivity index (χ1) is 7.04. The van der Waals surface area contributed by atoms with Crippen molar-refractivity contribution in [3.05, 3.63) is 0 Å². The van der Waals surface area contributed by atoms with Crippen molar-refractivity contribution in [2.45, 2.75) is 45.4 Å². The maximum absolute atomic E-state index is 11.8. The molecule has 1 aliphatic carbocycles. The lowest BCUT2D eigenvalue weighted by Gasteiger charge is -2.31. The summed E-state index contributed by atoms with van der Waals surface area (Å²) in [5.41, 5.74) is -0.267. The predicted molar refractivity (Wildman–Crippen MR) is 56.5 cm³/mol. The van der Waals surface area contributed by atoms with E-state index in [0.29, 0.717) is 0 Å². The van der Waals surface area contributed by atoms with Gasteiger partial charge in [-0.3, -0.25) is 9.59 Å². The highest BCUT2D eigenvalue weighted by Crippen LogP contribution is 2.35. The van der Waals surface area contributed by atoms with Crippen molar-refractivity contribution in [1.29, 1.82) is 0 Å². The zero-order valence-corrected chi connectivity index (χ0v) is 9.21. The molecule has 0 heterocycles. The maximum Gasteiger partial charge on any atom is 0.305 e. The van der Waals surface area contributed by atoms with Gasteiger partial charge in [0.05, 0.1) is 6.42 Å². The predicted octanol–water partition coefficient (Wildman–Crippen LogP) is 1.55. The minimum atomic E-state index is -0.871.